The highest BCUT2D eigenvalue weighted by Crippen LogP contribution is 2.08. The molecule has 18 heavy (non-hydrogen) atoms. The third-order valence-corrected chi connectivity index (χ3v) is 3.09. The lowest BCUT2D eigenvalue weighted by Crippen LogP contribution is -2.19. The second-order valence-electron chi connectivity index (χ2n) is 4.84. The average molecular weight is 246 g/mol. The minimum absolute atomic E-state index is 1.03. The van der Waals surface area contributed by atoms with Gasteiger partial charge in [-0.1, -0.05) is 30.3 Å². The number of nitrogens with one attached hydrogen (secondary N) is 1. The highest BCUT2D eigenvalue weighted by molar-refractivity contribution is 5.22. The van der Waals surface area contributed by atoms with Crippen molar-refractivity contribution in [3.8, 4) is 0 Å². The van der Waals surface area contributed by atoms with Gasteiger partial charge in [0, 0.05) is 6.54 Å². The van der Waals surface area contributed by atoms with Gasteiger partial charge in [-0.15, -0.1) is 6.58 Å². The van der Waals surface area contributed by atoms with Crippen LogP contribution in [0, 0.1) is 0 Å². The molecule has 0 aliphatic heterocycles. The Bertz CT molecular complexity index is 329. The number of likely N-dealkylation sites (N-methyl/N-ethyl adjacent to an activating group) is 1. The summed E-state index contributed by atoms with van der Waals surface area (Å²) in [4.78, 5) is 2.37. The van der Waals surface area contributed by atoms with Crippen LogP contribution in [0.1, 0.15) is 24.0 Å². The quantitative estimate of drug-likeness (QED) is 0.532. The molecule has 0 atom stereocenters. The fourth-order valence-corrected chi connectivity index (χ4v) is 1.98. The number of hydrogen-bond acceptors (Lipinski definition) is 2. The minimum Gasteiger partial charge on any atom is -0.319 e. The lowest BCUT2D eigenvalue weighted by Gasteiger charge is -2.16. The first-order chi connectivity index (χ1) is 8.76. The van der Waals surface area contributed by atoms with Gasteiger partial charge in [-0.2, -0.15) is 0 Å². The Morgan fingerprint density at radius 3 is 2.50 bits per heavy atom. The second kappa shape index (κ2) is 8.90. The third kappa shape index (κ3) is 5.99. The van der Waals surface area contributed by atoms with E-state index in [1.807, 2.05) is 13.1 Å². The van der Waals surface area contributed by atoms with Crippen molar-refractivity contribution < 1.29 is 0 Å². The van der Waals surface area contributed by atoms with Crippen molar-refractivity contribution in [2.75, 3.05) is 27.2 Å². The van der Waals surface area contributed by atoms with Crippen LogP contribution in [0.3, 0.4) is 0 Å². The first kappa shape index (κ1) is 14.9. The molecule has 0 spiro atoms. The summed E-state index contributed by atoms with van der Waals surface area (Å²) in [6.07, 6.45) is 5.39. The van der Waals surface area contributed by atoms with E-state index in [1.165, 1.54) is 17.5 Å². The van der Waals surface area contributed by atoms with Crippen molar-refractivity contribution in [3.05, 3.63) is 48.0 Å². The predicted molar refractivity (Wildman–Crippen MR) is 79.8 cm³/mol. The second-order valence-corrected chi connectivity index (χ2v) is 4.84. The summed E-state index contributed by atoms with van der Waals surface area (Å²) in [5, 5.41) is 3.18. The normalized spacial score (nSPS) is 10.8. The highest BCUT2D eigenvalue weighted by Gasteiger charge is 2.00. The van der Waals surface area contributed by atoms with Crippen molar-refractivity contribution in [2.45, 2.75) is 25.8 Å². The standard InChI is InChI=1S/C16H26N2/c1-4-5-6-13-18(3)14-16-9-7-15(8-10-16)11-12-17-2/h4,7-10,17H,1,5-6,11-14H2,2-3H3. The van der Waals surface area contributed by atoms with Crippen LogP contribution in [-0.4, -0.2) is 32.1 Å². The molecule has 100 valence electrons. The molecule has 2 nitrogen and oxygen atoms in total. The zero-order chi connectivity index (χ0) is 13.2. The summed E-state index contributed by atoms with van der Waals surface area (Å²) in [6, 6.07) is 8.97. The number of rotatable bonds is 9. The first-order valence-corrected chi connectivity index (χ1v) is 6.78. The number of benzene rings is 1. The molecule has 0 saturated carbocycles. The summed E-state index contributed by atoms with van der Waals surface area (Å²) in [6.45, 7) is 6.96. The Labute approximate surface area is 112 Å². The molecular weight excluding hydrogens is 220 g/mol. The number of nitrogens with zero attached hydrogens (tertiary/aromatic N) is 1. The molecule has 0 unspecified atom stereocenters. The fraction of sp³-hybridized carbons (Fsp3) is 0.500. The van der Waals surface area contributed by atoms with E-state index in [2.05, 4.69) is 48.1 Å². The Hall–Kier alpha value is -1.12. The summed E-state index contributed by atoms with van der Waals surface area (Å²) in [5.41, 5.74) is 2.80. The van der Waals surface area contributed by atoms with Crippen molar-refractivity contribution in [1.82, 2.24) is 10.2 Å². The Morgan fingerprint density at radius 2 is 1.89 bits per heavy atom. The lowest BCUT2D eigenvalue weighted by molar-refractivity contribution is 0.323. The number of hydrogen-bond donors (Lipinski definition) is 1. The number of allylic oxidation sites excluding steroid dienone is 1. The Balaban J connectivity index is 2.35. The van der Waals surface area contributed by atoms with Crippen molar-refractivity contribution in [1.29, 1.82) is 0 Å². The van der Waals surface area contributed by atoms with Crippen LogP contribution in [0.5, 0.6) is 0 Å². The molecule has 0 amide bonds. The molecule has 1 aromatic carbocycles. The van der Waals surface area contributed by atoms with Crippen molar-refractivity contribution >= 4 is 0 Å². The van der Waals surface area contributed by atoms with Crippen LogP contribution in [-0.2, 0) is 13.0 Å². The monoisotopic (exact) mass is 246 g/mol. The smallest absolute Gasteiger partial charge is 0.0230 e. The first-order valence-electron chi connectivity index (χ1n) is 6.78. The molecule has 0 bridgehead atoms. The van der Waals surface area contributed by atoms with Crippen LogP contribution >= 0.6 is 0 Å². The maximum atomic E-state index is 3.75. The molecule has 0 aromatic heterocycles. The van der Waals surface area contributed by atoms with Gasteiger partial charge >= 0.3 is 0 Å². The van der Waals surface area contributed by atoms with Gasteiger partial charge in [-0.05, 0) is 57.6 Å². The summed E-state index contributed by atoms with van der Waals surface area (Å²) in [7, 11) is 4.17. The van der Waals surface area contributed by atoms with Gasteiger partial charge in [-0.3, -0.25) is 0 Å². The van der Waals surface area contributed by atoms with E-state index in [4.69, 9.17) is 0 Å². The Morgan fingerprint density at radius 1 is 1.22 bits per heavy atom. The van der Waals surface area contributed by atoms with Crippen molar-refractivity contribution in [3.63, 3.8) is 0 Å². The van der Waals surface area contributed by atoms with Gasteiger partial charge in [0.1, 0.15) is 0 Å². The Kier molecular flexibility index (Phi) is 7.38. The molecule has 1 rings (SSSR count). The maximum Gasteiger partial charge on any atom is 0.0230 e. The van der Waals surface area contributed by atoms with Crippen molar-refractivity contribution in [2.24, 2.45) is 0 Å². The molecule has 1 aromatic rings. The van der Waals surface area contributed by atoms with Gasteiger partial charge < -0.3 is 10.2 Å². The van der Waals surface area contributed by atoms with Gasteiger partial charge in [-0.25, -0.2) is 0 Å². The van der Waals surface area contributed by atoms with Crippen LogP contribution in [0.25, 0.3) is 0 Å². The highest BCUT2D eigenvalue weighted by atomic mass is 15.1. The molecule has 0 radical (unpaired) electrons. The van der Waals surface area contributed by atoms with Crippen LogP contribution in [0.4, 0.5) is 0 Å². The summed E-state index contributed by atoms with van der Waals surface area (Å²) >= 11 is 0. The minimum atomic E-state index is 1.03. The molecular formula is C16H26N2. The molecule has 0 saturated heterocycles. The average Bonchev–Trinajstić information content (AvgIpc) is 2.38. The number of unbranched alkanes of at least 4 members (excludes halogenated alkanes) is 1. The zero-order valence-corrected chi connectivity index (χ0v) is 11.8. The van der Waals surface area contributed by atoms with Gasteiger partial charge in [0.05, 0.1) is 0 Å². The topological polar surface area (TPSA) is 15.3 Å². The summed E-state index contributed by atoms with van der Waals surface area (Å²) in [5.74, 6) is 0. The van der Waals surface area contributed by atoms with Crippen LogP contribution < -0.4 is 5.32 Å². The SMILES string of the molecule is C=CCCCN(C)Cc1ccc(CCNC)cc1. The predicted octanol–water partition coefficient (Wildman–Crippen LogP) is 2.85. The van der Waals surface area contributed by atoms with E-state index < -0.39 is 0 Å². The van der Waals surface area contributed by atoms with E-state index in [9.17, 15) is 0 Å². The maximum absolute atomic E-state index is 3.75. The molecule has 0 heterocycles. The van der Waals surface area contributed by atoms with Gasteiger partial charge in [0.15, 0.2) is 0 Å². The van der Waals surface area contributed by atoms with Crippen LogP contribution in [0.15, 0.2) is 36.9 Å². The van der Waals surface area contributed by atoms with E-state index in [0.29, 0.717) is 0 Å². The van der Waals surface area contributed by atoms with E-state index >= 15 is 0 Å². The molecule has 1 N–H and O–H groups in total. The van der Waals surface area contributed by atoms with Crippen LogP contribution in [0.2, 0.25) is 0 Å². The molecule has 0 aliphatic rings. The lowest BCUT2D eigenvalue weighted by atomic mass is 10.1. The molecule has 2 heteroatoms. The molecule has 0 aliphatic carbocycles. The fourth-order valence-electron chi connectivity index (χ4n) is 1.98. The van der Waals surface area contributed by atoms with E-state index in [1.54, 1.807) is 0 Å². The van der Waals surface area contributed by atoms with E-state index in [0.717, 1.165) is 32.5 Å². The third-order valence-electron chi connectivity index (χ3n) is 3.09. The van der Waals surface area contributed by atoms with Gasteiger partial charge in [0.2, 0.25) is 0 Å². The van der Waals surface area contributed by atoms with Gasteiger partial charge in [0.25, 0.3) is 0 Å². The largest absolute Gasteiger partial charge is 0.319 e. The summed E-state index contributed by atoms with van der Waals surface area (Å²) < 4.78 is 0. The molecule has 0 fully saturated rings. The van der Waals surface area contributed by atoms with E-state index in [-0.39, 0.29) is 0 Å². The zero-order valence-electron chi connectivity index (χ0n) is 11.8.